The maximum absolute atomic E-state index is 9.26. The second-order valence-electron chi connectivity index (χ2n) is 3.57. The molecule has 1 atom stereocenters. The highest BCUT2D eigenvalue weighted by Crippen LogP contribution is 2.24. The normalized spacial score (nSPS) is 15.4. The van der Waals surface area contributed by atoms with Crippen LogP contribution < -0.4 is 5.73 Å². The molecule has 3 heteroatoms. The van der Waals surface area contributed by atoms with Crippen molar-refractivity contribution in [1.82, 2.24) is 0 Å². The van der Waals surface area contributed by atoms with E-state index in [1.165, 1.54) is 0 Å². The van der Waals surface area contributed by atoms with Crippen molar-refractivity contribution in [3.05, 3.63) is 29.3 Å². The van der Waals surface area contributed by atoms with Crippen LogP contribution in [-0.2, 0) is 5.54 Å². The largest absolute Gasteiger partial charge is 0.508 e. The molecule has 0 heterocycles. The number of aromatic hydroxyl groups is 1. The molecule has 13 heavy (non-hydrogen) atoms. The quantitative estimate of drug-likeness (QED) is 0.634. The Bertz CT molecular complexity index is 308. The van der Waals surface area contributed by atoms with E-state index in [0.717, 1.165) is 11.1 Å². The lowest BCUT2D eigenvalue weighted by Crippen LogP contribution is -2.37. The number of aryl methyl sites for hydroxylation is 1. The van der Waals surface area contributed by atoms with Crippen LogP contribution in [-0.4, -0.2) is 16.8 Å². The molecule has 0 saturated heterocycles. The molecule has 0 spiro atoms. The Morgan fingerprint density at radius 2 is 2.08 bits per heavy atom. The summed E-state index contributed by atoms with van der Waals surface area (Å²) in [6.45, 7) is 3.49. The van der Waals surface area contributed by atoms with Crippen molar-refractivity contribution in [2.75, 3.05) is 6.61 Å². The minimum atomic E-state index is -0.789. The molecule has 0 aliphatic heterocycles. The second-order valence-corrected chi connectivity index (χ2v) is 3.57. The van der Waals surface area contributed by atoms with Crippen LogP contribution in [0.25, 0.3) is 0 Å². The van der Waals surface area contributed by atoms with Crippen LogP contribution in [0.3, 0.4) is 0 Å². The van der Waals surface area contributed by atoms with Crippen molar-refractivity contribution in [2.45, 2.75) is 19.4 Å². The number of phenols is 1. The third kappa shape index (κ3) is 1.99. The Morgan fingerprint density at radius 1 is 1.46 bits per heavy atom. The van der Waals surface area contributed by atoms with Gasteiger partial charge in [0.1, 0.15) is 5.75 Å². The van der Waals surface area contributed by atoms with Gasteiger partial charge in [0.05, 0.1) is 12.1 Å². The molecule has 1 aromatic carbocycles. The lowest BCUT2D eigenvalue weighted by Gasteiger charge is -2.24. The predicted octanol–water partition coefficient (Wildman–Crippen LogP) is 0.867. The van der Waals surface area contributed by atoms with Gasteiger partial charge in [0.2, 0.25) is 0 Å². The Morgan fingerprint density at radius 3 is 2.62 bits per heavy atom. The van der Waals surface area contributed by atoms with Crippen LogP contribution >= 0.6 is 0 Å². The standard InChI is InChI=1S/C10H15NO2/c1-7-3-4-8(13)5-9(7)10(2,11)6-12/h3-5,12-13H,6,11H2,1-2H3. The summed E-state index contributed by atoms with van der Waals surface area (Å²) in [6.07, 6.45) is 0. The minimum absolute atomic E-state index is 0.142. The number of aliphatic hydroxyl groups excluding tert-OH is 1. The molecule has 0 fully saturated rings. The first-order chi connectivity index (χ1) is 5.97. The topological polar surface area (TPSA) is 66.5 Å². The highest BCUT2D eigenvalue weighted by molar-refractivity contribution is 5.38. The fourth-order valence-corrected chi connectivity index (χ4v) is 1.31. The van der Waals surface area contributed by atoms with E-state index in [-0.39, 0.29) is 12.4 Å². The maximum Gasteiger partial charge on any atom is 0.115 e. The van der Waals surface area contributed by atoms with Gasteiger partial charge in [0, 0.05) is 0 Å². The third-order valence-corrected chi connectivity index (χ3v) is 2.16. The molecule has 1 rings (SSSR count). The van der Waals surface area contributed by atoms with E-state index in [9.17, 15) is 5.11 Å². The molecule has 0 amide bonds. The van der Waals surface area contributed by atoms with Crippen LogP contribution in [0.1, 0.15) is 18.1 Å². The summed E-state index contributed by atoms with van der Waals surface area (Å²) in [4.78, 5) is 0. The summed E-state index contributed by atoms with van der Waals surface area (Å²) in [5, 5.41) is 18.3. The first-order valence-corrected chi connectivity index (χ1v) is 4.17. The minimum Gasteiger partial charge on any atom is -0.508 e. The first-order valence-electron chi connectivity index (χ1n) is 4.17. The van der Waals surface area contributed by atoms with Crippen LogP contribution in [0.5, 0.6) is 5.75 Å². The molecular formula is C10H15NO2. The molecule has 0 saturated carbocycles. The highest BCUT2D eigenvalue weighted by atomic mass is 16.3. The molecule has 0 bridgehead atoms. The molecule has 0 aliphatic carbocycles. The van der Waals surface area contributed by atoms with Crippen molar-refractivity contribution in [2.24, 2.45) is 5.73 Å². The van der Waals surface area contributed by atoms with Gasteiger partial charge in [0.15, 0.2) is 0 Å². The Balaban J connectivity index is 3.20. The van der Waals surface area contributed by atoms with Crippen LogP contribution in [0.2, 0.25) is 0 Å². The predicted molar refractivity (Wildman–Crippen MR) is 51.5 cm³/mol. The van der Waals surface area contributed by atoms with Gasteiger partial charge in [-0.05, 0) is 37.1 Å². The van der Waals surface area contributed by atoms with Gasteiger partial charge in [-0.3, -0.25) is 0 Å². The maximum atomic E-state index is 9.26. The second kappa shape index (κ2) is 3.36. The number of phenolic OH excluding ortho intramolecular Hbond substituents is 1. The van der Waals surface area contributed by atoms with E-state index in [1.54, 1.807) is 25.1 Å². The molecule has 1 unspecified atom stereocenters. The van der Waals surface area contributed by atoms with Crippen molar-refractivity contribution < 1.29 is 10.2 Å². The SMILES string of the molecule is Cc1ccc(O)cc1C(C)(N)CO. The first kappa shape index (κ1) is 10.0. The summed E-state index contributed by atoms with van der Waals surface area (Å²) in [6, 6.07) is 4.98. The van der Waals surface area contributed by atoms with E-state index in [4.69, 9.17) is 10.8 Å². The van der Waals surface area contributed by atoms with Gasteiger partial charge in [-0.15, -0.1) is 0 Å². The highest BCUT2D eigenvalue weighted by Gasteiger charge is 2.22. The van der Waals surface area contributed by atoms with Crippen molar-refractivity contribution in [1.29, 1.82) is 0 Å². The Hall–Kier alpha value is -1.06. The third-order valence-electron chi connectivity index (χ3n) is 2.16. The summed E-state index contributed by atoms with van der Waals surface area (Å²) in [7, 11) is 0. The fourth-order valence-electron chi connectivity index (χ4n) is 1.31. The lowest BCUT2D eigenvalue weighted by molar-refractivity contribution is 0.209. The zero-order valence-corrected chi connectivity index (χ0v) is 7.91. The van der Waals surface area contributed by atoms with Gasteiger partial charge in [-0.1, -0.05) is 6.07 Å². The summed E-state index contributed by atoms with van der Waals surface area (Å²) in [5.41, 5.74) is 6.80. The molecule has 0 aromatic heterocycles. The van der Waals surface area contributed by atoms with E-state index in [2.05, 4.69) is 0 Å². The number of benzene rings is 1. The number of rotatable bonds is 2. The van der Waals surface area contributed by atoms with Gasteiger partial charge in [-0.2, -0.15) is 0 Å². The van der Waals surface area contributed by atoms with Crippen molar-refractivity contribution in [3.63, 3.8) is 0 Å². The Kier molecular flexibility index (Phi) is 2.59. The molecular weight excluding hydrogens is 166 g/mol. The number of hydrogen-bond donors (Lipinski definition) is 3. The average Bonchev–Trinajstić information content (AvgIpc) is 2.09. The molecule has 72 valence electrons. The monoisotopic (exact) mass is 181 g/mol. The van der Waals surface area contributed by atoms with Gasteiger partial charge < -0.3 is 15.9 Å². The summed E-state index contributed by atoms with van der Waals surface area (Å²) >= 11 is 0. The van der Waals surface area contributed by atoms with Gasteiger partial charge >= 0.3 is 0 Å². The molecule has 1 aromatic rings. The lowest BCUT2D eigenvalue weighted by atomic mass is 9.90. The molecule has 0 radical (unpaired) electrons. The van der Waals surface area contributed by atoms with Crippen molar-refractivity contribution >= 4 is 0 Å². The van der Waals surface area contributed by atoms with E-state index < -0.39 is 5.54 Å². The fraction of sp³-hybridized carbons (Fsp3) is 0.400. The van der Waals surface area contributed by atoms with E-state index >= 15 is 0 Å². The van der Waals surface area contributed by atoms with Gasteiger partial charge in [0.25, 0.3) is 0 Å². The van der Waals surface area contributed by atoms with E-state index in [0.29, 0.717) is 0 Å². The Labute approximate surface area is 77.8 Å². The number of hydrogen-bond acceptors (Lipinski definition) is 3. The smallest absolute Gasteiger partial charge is 0.115 e. The van der Waals surface area contributed by atoms with Crippen LogP contribution in [0.15, 0.2) is 18.2 Å². The average molecular weight is 181 g/mol. The zero-order valence-electron chi connectivity index (χ0n) is 7.91. The van der Waals surface area contributed by atoms with Crippen LogP contribution in [0, 0.1) is 6.92 Å². The number of aliphatic hydroxyl groups is 1. The molecule has 3 nitrogen and oxygen atoms in total. The zero-order chi connectivity index (χ0) is 10.1. The molecule has 0 aliphatic rings. The number of nitrogens with two attached hydrogens (primary N) is 1. The summed E-state index contributed by atoms with van der Waals surface area (Å²) in [5.74, 6) is 0.172. The summed E-state index contributed by atoms with van der Waals surface area (Å²) < 4.78 is 0. The van der Waals surface area contributed by atoms with Gasteiger partial charge in [-0.25, -0.2) is 0 Å². The van der Waals surface area contributed by atoms with Crippen LogP contribution in [0.4, 0.5) is 0 Å². The van der Waals surface area contributed by atoms with E-state index in [1.807, 2.05) is 6.92 Å². The molecule has 4 N–H and O–H groups in total. The van der Waals surface area contributed by atoms with Crippen molar-refractivity contribution in [3.8, 4) is 5.75 Å².